The maximum atomic E-state index is 13.2. The van der Waals surface area contributed by atoms with Gasteiger partial charge in [0.15, 0.2) is 5.76 Å². The van der Waals surface area contributed by atoms with Gasteiger partial charge in [-0.25, -0.2) is 9.82 Å². The Morgan fingerprint density at radius 1 is 0.939 bits per heavy atom. The van der Waals surface area contributed by atoms with Crippen molar-refractivity contribution in [3.05, 3.63) is 114 Å². The maximum Gasteiger partial charge on any atom is 0.307 e. The van der Waals surface area contributed by atoms with Gasteiger partial charge in [0, 0.05) is 10.9 Å². The van der Waals surface area contributed by atoms with Crippen LogP contribution in [0, 0.1) is 5.82 Å². The van der Waals surface area contributed by atoms with Crippen LogP contribution >= 0.6 is 0 Å². The number of carbonyl (C=O) groups is 1. The molecule has 1 N–H and O–H groups in total. The van der Waals surface area contributed by atoms with E-state index >= 15 is 0 Å². The predicted octanol–water partition coefficient (Wildman–Crippen LogP) is 6.07. The van der Waals surface area contributed by atoms with Crippen molar-refractivity contribution in [3.8, 4) is 5.75 Å². The Morgan fingerprint density at radius 2 is 1.70 bits per heavy atom. The van der Waals surface area contributed by atoms with E-state index < -0.39 is 5.91 Å². The highest BCUT2D eigenvalue weighted by Crippen LogP contribution is 2.27. The van der Waals surface area contributed by atoms with Gasteiger partial charge in [0.05, 0.1) is 6.21 Å². The summed E-state index contributed by atoms with van der Waals surface area (Å²) < 4.78 is 24.8. The van der Waals surface area contributed by atoms with E-state index in [9.17, 15) is 9.18 Å². The molecule has 0 saturated carbocycles. The average molecular weight is 438 g/mol. The Hall–Kier alpha value is -4.45. The van der Waals surface area contributed by atoms with Crippen molar-refractivity contribution in [3.63, 3.8) is 0 Å². The standard InChI is InChI=1S/C27H19FN2O3/c28-21-12-9-18(10-13-21)17-32-25-14-11-19-5-1-3-7-22(19)23(25)16-29-30-27(31)26-15-20-6-2-4-8-24(20)33-26/h1-16H,17H2,(H,30,31). The highest BCUT2D eigenvalue weighted by Gasteiger charge is 2.12. The molecule has 4 aromatic carbocycles. The highest BCUT2D eigenvalue weighted by molar-refractivity contribution is 6.03. The molecule has 0 atom stereocenters. The zero-order valence-corrected chi connectivity index (χ0v) is 17.5. The van der Waals surface area contributed by atoms with Crippen molar-refractivity contribution in [2.45, 2.75) is 6.61 Å². The summed E-state index contributed by atoms with van der Waals surface area (Å²) in [5.74, 6) is 0.0350. The van der Waals surface area contributed by atoms with Crippen LogP contribution in [-0.2, 0) is 6.61 Å². The van der Waals surface area contributed by atoms with E-state index in [0.717, 1.165) is 27.3 Å². The van der Waals surface area contributed by atoms with Crippen LogP contribution in [0.1, 0.15) is 21.7 Å². The number of hydrogen-bond donors (Lipinski definition) is 1. The number of benzene rings is 4. The molecular weight excluding hydrogens is 419 g/mol. The third-order valence-electron chi connectivity index (χ3n) is 5.25. The lowest BCUT2D eigenvalue weighted by atomic mass is 10.0. The minimum absolute atomic E-state index is 0.180. The first-order valence-electron chi connectivity index (χ1n) is 10.4. The number of rotatable bonds is 6. The molecule has 0 aliphatic heterocycles. The fraction of sp³-hybridized carbons (Fsp3) is 0.0370. The molecule has 0 aliphatic carbocycles. The lowest BCUT2D eigenvalue weighted by molar-refractivity contribution is 0.0929. The van der Waals surface area contributed by atoms with Gasteiger partial charge in [0.2, 0.25) is 0 Å². The Bertz CT molecular complexity index is 1440. The molecule has 0 spiro atoms. The zero-order chi connectivity index (χ0) is 22.6. The van der Waals surface area contributed by atoms with Crippen LogP contribution in [0.2, 0.25) is 0 Å². The van der Waals surface area contributed by atoms with Crippen LogP contribution in [0.4, 0.5) is 4.39 Å². The minimum atomic E-state index is -0.448. The molecule has 0 saturated heterocycles. The lowest BCUT2D eigenvalue weighted by Crippen LogP contribution is -2.16. The first-order chi connectivity index (χ1) is 16.2. The van der Waals surface area contributed by atoms with Gasteiger partial charge in [0.25, 0.3) is 0 Å². The van der Waals surface area contributed by atoms with E-state index in [4.69, 9.17) is 9.15 Å². The van der Waals surface area contributed by atoms with E-state index in [1.807, 2.05) is 54.6 Å². The molecule has 33 heavy (non-hydrogen) atoms. The molecule has 1 amide bonds. The van der Waals surface area contributed by atoms with Gasteiger partial charge in [-0.1, -0.05) is 60.7 Å². The second kappa shape index (κ2) is 8.96. The molecule has 1 aromatic heterocycles. The summed E-state index contributed by atoms with van der Waals surface area (Å²) in [6.07, 6.45) is 1.56. The Balaban J connectivity index is 1.39. The summed E-state index contributed by atoms with van der Waals surface area (Å²) >= 11 is 0. The van der Waals surface area contributed by atoms with Crippen LogP contribution < -0.4 is 10.2 Å². The van der Waals surface area contributed by atoms with E-state index in [-0.39, 0.29) is 18.2 Å². The van der Waals surface area contributed by atoms with E-state index in [0.29, 0.717) is 11.3 Å². The lowest BCUT2D eigenvalue weighted by Gasteiger charge is -2.12. The second-order valence-electron chi connectivity index (χ2n) is 7.46. The van der Waals surface area contributed by atoms with Gasteiger partial charge in [-0.2, -0.15) is 5.10 Å². The summed E-state index contributed by atoms with van der Waals surface area (Å²) in [7, 11) is 0. The summed E-state index contributed by atoms with van der Waals surface area (Å²) in [4.78, 5) is 12.5. The van der Waals surface area contributed by atoms with Gasteiger partial charge in [-0.15, -0.1) is 0 Å². The van der Waals surface area contributed by atoms with Crippen LogP contribution in [0.5, 0.6) is 5.75 Å². The molecule has 5 nitrogen and oxygen atoms in total. The molecule has 0 unspecified atom stereocenters. The Morgan fingerprint density at radius 3 is 2.52 bits per heavy atom. The van der Waals surface area contributed by atoms with E-state index in [2.05, 4.69) is 10.5 Å². The average Bonchev–Trinajstić information content (AvgIpc) is 3.29. The fourth-order valence-corrected chi connectivity index (χ4v) is 3.58. The third-order valence-corrected chi connectivity index (χ3v) is 5.25. The first-order valence-corrected chi connectivity index (χ1v) is 10.4. The van der Waals surface area contributed by atoms with E-state index in [1.54, 1.807) is 30.5 Å². The number of ether oxygens (including phenoxy) is 1. The summed E-state index contributed by atoms with van der Waals surface area (Å²) in [6.45, 7) is 0.269. The number of hydrazone groups is 1. The van der Waals surface area contributed by atoms with Crippen molar-refractivity contribution in [1.82, 2.24) is 5.43 Å². The predicted molar refractivity (Wildman–Crippen MR) is 126 cm³/mol. The molecular formula is C27H19FN2O3. The van der Waals surface area contributed by atoms with Crippen LogP contribution in [0.25, 0.3) is 21.7 Å². The summed E-state index contributed by atoms with van der Waals surface area (Å²) in [5, 5.41) is 6.93. The normalized spacial score (nSPS) is 11.3. The van der Waals surface area contributed by atoms with Crippen LogP contribution in [-0.4, -0.2) is 12.1 Å². The van der Waals surface area contributed by atoms with Crippen molar-refractivity contribution in [2.24, 2.45) is 5.10 Å². The third kappa shape index (κ3) is 4.45. The molecule has 5 aromatic rings. The number of halogens is 1. The molecule has 5 rings (SSSR count). The largest absolute Gasteiger partial charge is 0.488 e. The van der Waals surface area contributed by atoms with Crippen molar-refractivity contribution >= 4 is 33.9 Å². The van der Waals surface area contributed by atoms with Crippen molar-refractivity contribution in [1.29, 1.82) is 0 Å². The fourth-order valence-electron chi connectivity index (χ4n) is 3.58. The van der Waals surface area contributed by atoms with Crippen molar-refractivity contribution < 1.29 is 18.3 Å². The summed E-state index contributed by atoms with van der Waals surface area (Å²) in [5.41, 5.74) is 4.72. The quantitative estimate of drug-likeness (QED) is 0.259. The molecule has 1 heterocycles. The highest BCUT2D eigenvalue weighted by atomic mass is 19.1. The monoisotopic (exact) mass is 438 g/mol. The molecule has 162 valence electrons. The molecule has 0 bridgehead atoms. The second-order valence-corrected chi connectivity index (χ2v) is 7.46. The topological polar surface area (TPSA) is 63.8 Å². The first kappa shape index (κ1) is 20.5. The van der Waals surface area contributed by atoms with Crippen molar-refractivity contribution in [2.75, 3.05) is 0 Å². The van der Waals surface area contributed by atoms with Gasteiger partial charge >= 0.3 is 5.91 Å². The molecule has 0 fully saturated rings. The van der Waals surface area contributed by atoms with Crippen LogP contribution in [0.15, 0.2) is 101 Å². The number of carbonyl (C=O) groups excluding carboxylic acids is 1. The smallest absolute Gasteiger partial charge is 0.307 e. The van der Waals surface area contributed by atoms with Gasteiger partial charge in [-0.3, -0.25) is 4.79 Å². The number of nitrogens with zero attached hydrogens (tertiary/aromatic N) is 1. The number of fused-ring (bicyclic) bond motifs is 2. The van der Waals surface area contributed by atoms with Gasteiger partial charge < -0.3 is 9.15 Å². The Kier molecular flexibility index (Phi) is 5.55. The molecule has 6 heteroatoms. The maximum absolute atomic E-state index is 13.2. The van der Waals surface area contributed by atoms with E-state index in [1.165, 1.54) is 12.1 Å². The molecule has 0 aliphatic rings. The van der Waals surface area contributed by atoms with Crippen LogP contribution in [0.3, 0.4) is 0 Å². The number of para-hydroxylation sites is 1. The summed E-state index contributed by atoms with van der Waals surface area (Å²) in [6, 6.07) is 26.9. The Labute approximate surface area is 189 Å². The number of hydrogen-bond acceptors (Lipinski definition) is 4. The SMILES string of the molecule is O=C(NN=Cc1c(OCc2ccc(F)cc2)ccc2ccccc12)c1cc2ccccc2o1. The molecule has 0 radical (unpaired) electrons. The minimum Gasteiger partial charge on any atom is -0.488 e. The van der Waals surface area contributed by atoms with Gasteiger partial charge in [0.1, 0.15) is 23.8 Å². The number of amides is 1. The van der Waals surface area contributed by atoms with Gasteiger partial charge in [-0.05, 0) is 46.7 Å². The number of nitrogens with one attached hydrogen (secondary N) is 1. The number of furan rings is 1. The zero-order valence-electron chi connectivity index (χ0n) is 17.5.